The lowest BCUT2D eigenvalue weighted by Crippen LogP contribution is -2.61. The Morgan fingerprint density at radius 3 is 1.74 bits per heavy atom. The van der Waals surface area contributed by atoms with Crippen LogP contribution in [0.1, 0.15) is 116 Å². The number of nitrogens with one attached hydrogen (secondary N) is 18. The number of rotatable bonds is 22. The summed E-state index contributed by atoms with van der Waals surface area (Å²) in [5.74, 6) is -31.1. The van der Waals surface area contributed by atoms with E-state index >= 15 is 38.4 Å². The highest BCUT2D eigenvalue weighted by Gasteiger charge is 2.42. The molecule has 4 bridgehead atoms. The highest BCUT2D eigenvalue weighted by Crippen LogP contribution is 2.24. The molecule has 4 saturated heterocycles. The van der Waals surface area contributed by atoms with Crippen LogP contribution in [0, 0.1) is 11.8 Å². The molecule has 0 spiro atoms. The van der Waals surface area contributed by atoms with Gasteiger partial charge in [0.2, 0.25) is 112 Å². The number of aliphatic hydroxyl groups is 1. The van der Waals surface area contributed by atoms with E-state index in [9.17, 15) is 82.4 Å². The monoisotopic (exact) mass is 1960 g/mol. The van der Waals surface area contributed by atoms with Gasteiger partial charge in [0, 0.05) is 65.9 Å². The van der Waals surface area contributed by atoms with E-state index in [-0.39, 0.29) is 68.4 Å². The molecule has 0 saturated carbocycles. The van der Waals surface area contributed by atoms with Crippen LogP contribution in [0.3, 0.4) is 0 Å². The van der Waals surface area contributed by atoms with E-state index in [1.165, 1.54) is 24.9 Å². The fourth-order valence-electron chi connectivity index (χ4n) is 14.6. The van der Waals surface area contributed by atoms with E-state index in [2.05, 4.69) is 102 Å². The molecule has 1 aromatic heterocycles. The Bertz CT molecular complexity index is 4870. The van der Waals surface area contributed by atoms with Crippen molar-refractivity contribution in [2.24, 2.45) is 34.8 Å². The van der Waals surface area contributed by atoms with Crippen LogP contribution in [0.2, 0.25) is 0 Å². The molecule has 4 aliphatic heterocycles. The Kier molecular flexibility index (Phi) is 44.1. The van der Waals surface area contributed by atoms with Gasteiger partial charge in [-0.1, -0.05) is 82.8 Å². The minimum atomic E-state index is -2.28. The summed E-state index contributed by atoms with van der Waals surface area (Å²) < 4.78 is 0. The van der Waals surface area contributed by atoms with Crippen LogP contribution >= 0.6 is 35.3 Å². The van der Waals surface area contributed by atoms with Gasteiger partial charge in [0.1, 0.15) is 90.6 Å². The molecule has 48 nitrogen and oxygen atoms in total. The van der Waals surface area contributed by atoms with E-state index < -0.39 is 320 Å². The molecule has 4 fully saturated rings. The van der Waals surface area contributed by atoms with Crippen molar-refractivity contribution in [3.63, 3.8) is 0 Å². The Hall–Kier alpha value is -13.0. The predicted octanol–water partition coefficient (Wildman–Crippen LogP) is -8.53. The predicted molar refractivity (Wildman–Crippen MR) is 493 cm³/mol. The summed E-state index contributed by atoms with van der Waals surface area (Å²) in [7, 11) is 0. The van der Waals surface area contributed by atoms with Gasteiger partial charge in [0.05, 0.1) is 44.3 Å². The maximum Gasteiger partial charge on any atom is 0.326 e. The number of unbranched alkanes of at least 4 members (excludes halogenated alkanes) is 1. The lowest BCUT2D eigenvalue weighted by Gasteiger charge is -2.29. The minimum absolute atomic E-state index is 0.0227. The first kappa shape index (κ1) is 110. The van der Waals surface area contributed by atoms with E-state index in [4.69, 9.17) is 22.9 Å². The Morgan fingerprint density at radius 1 is 0.529 bits per heavy atom. The van der Waals surface area contributed by atoms with Gasteiger partial charge in [-0.3, -0.25) is 101 Å². The number of primary amides is 2. The lowest BCUT2D eigenvalue weighted by atomic mass is 10.0. The van der Waals surface area contributed by atoms with Crippen molar-refractivity contribution in [3.05, 3.63) is 84.2 Å². The van der Waals surface area contributed by atoms with Crippen molar-refractivity contribution in [1.29, 1.82) is 0 Å². The number of para-hydroxylation sites is 1. The molecule has 0 aliphatic carbocycles. The molecule has 744 valence electrons. The zero-order valence-electron chi connectivity index (χ0n) is 75.4. The number of hydrogen-bond donors (Lipinski definition) is 25. The highest BCUT2D eigenvalue weighted by atomic mass is 32.2. The van der Waals surface area contributed by atoms with Crippen LogP contribution in [0.15, 0.2) is 73.1 Å². The second-order valence-corrected chi connectivity index (χ2v) is 36.9. The number of hydrogen-bond acceptors (Lipinski definition) is 28. The number of aromatic amines is 1. The fourth-order valence-corrected chi connectivity index (χ4v) is 17.7. The zero-order valence-corrected chi connectivity index (χ0v) is 77.8. The van der Waals surface area contributed by atoms with Gasteiger partial charge in [-0.25, -0.2) is 4.79 Å². The Morgan fingerprint density at radius 2 is 1.08 bits per heavy atom. The van der Waals surface area contributed by atoms with Crippen LogP contribution < -0.4 is 113 Å². The third-order valence-corrected chi connectivity index (χ3v) is 25.3. The standard InChI is InChI=1S/C85H121N23O25S3/c1-41(2)28-53-76(123)95-51-23-27-135-38-59(80(127)93-43(5)69(116)99-54(29-44-14-7-6-8-15-44)71(118)92-35-66(113)108-25-13-19-62(108)83(130)102-53)106-82(129)61-40-136-39-60(105-79(126)58(36-109)103-77(124)55(100-75(51)122)30-45-33-90-48-17-10-9-16-46(45)48)81(128)101-57(32-67(114)115)72(119)91-34-65(112)94-56(31-64(89)111)78(125)96-50(74(121)98-52(85(132)133)18-11-12-24-86)22-26-134-37-47(87)70(117)107-68(42(3)4)84(131)97-49(73(120)104-61)20-21-63(88)110/h6-10,14-17,33,41-42,47,49-62,68,90,109H,5,11-13,18-32,34-40,86-87H2,1-4H3,(H2,88,110)(H2,89,111)(H,91,119)(H,92,118)(H,93,127)(H,94,112)(H,95,123)(H,96,125)(H,97,131)(H,98,121)(H,99,116)(H,100,122)(H,101,128)(H,102,130)(H,103,124)(H,104,120)(H,105,126)(H,106,129)(H,107,117)(H,114,115)(H,132,133)/t47-,49-,50+,51?,52-,53-,54-,55-,56-,57-,58-,59?,60?,61?,62?,68-/m0/s1. The Balaban J connectivity index is 1.40. The molecule has 20 amide bonds. The van der Waals surface area contributed by atoms with Gasteiger partial charge < -0.3 is 139 Å². The van der Waals surface area contributed by atoms with Crippen molar-refractivity contribution < 1.29 is 121 Å². The number of amides is 20. The molecule has 29 N–H and O–H groups in total. The van der Waals surface area contributed by atoms with Gasteiger partial charge in [-0.05, 0) is 105 Å². The van der Waals surface area contributed by atoms with Crippen LogP contribution in [0.25, 0.3) is 10.9 Å². The molecule has 0 radical (unpaired) electrons. The second kappa shape index (κ2) is 54.5. The van der Waals surface area contributed by atoms with Crippen LogP contribution in [0.4, 0.5) is 0 Å². The van der Waals surface area contributed by atoms with Crippen molar-refractivity contribution in [3.8, 4) is 0 Å². The van der Waals surface area contributed by atoms with Crippen LogP contribution in [-0.4, -0.2) is 319 Å². The summed E-state index contributed by atoms with van der Waals surface area (Å²) in [4.78, 5) is 320. The first-order valence-corrected chi connectivity index (χ1v) is 47.5. The quantitative estimate of drug-likeness (QED) is 0.0328. The summed E-state index contributed by atoms with van der Waals surface area (Å²) in [6.07, 6.45) is -3.00. The molecule has 5 unspecified atom stereocenters. The molecular weight excluding hydrogens is 1840 g/mol. The number of aliphatic hydroxyl groups excluding tert-OH is 1. The number of H-pyrrole nitrogens is 1. The van der Waals surface area contributed by atoms with Gasteiger partial charge in [-0.2, -0.15) is 35.3 Å². The second-order valence-electron chi connectivity index (χ2n) is 33.5. The number of carboxylic acid groups (broad SMARTS) is 2. The largest absolute Gasteiger partial charge is 0.481 e. The number of nitrogens with two attached hydrogens (primary N) is 4. The number of nitrogens with zero attached hydrogens (tertiary/aromatic N) is 1. The molecule has 16 atom stereocenters. The summed E-state index contributed by atoms with van der Waals surface area (Å²) >= 11 is 2.20. The summed E-state index contributed by atoms with van der Waals surface area (Å²) in [5.41, 5.74) is 23.8. The summed E-state index contributed by atoms with van der Waals surface area (Å²) in [6, 6.07) is -13.8. The van der Waals surface area contributed by atoms with E-state index in [0.29, 0.717) is 46.6 Å². The van der Waals surface area contributed by atoms with E-state index in [1.807, 2.05) is 0 Å². The van der Waals surface area contributed by atoms with Gasteiger partial charge in [-0.15, -0.1) is 0 Å². The molecule has 51 heteroatoms. The van der Waals surface area contributed by atoms with Crippen molar-refractivity contribution >= 4 is 176 Å². The normalized spacial score (nSPS) is 25.9. The number of carbonyl (C=O) groups excluding carboxylic acids is 20. The van der Waals surface area contributed by atoms with Gasteiger partial charge in [0.25, 0.3) is 5.91 Å². The van der Waals surface area contributed by atoms with Crippen molar-refractivity contribution in [1.82, 2.24) is 100 Å². The topological polar surface area (TPSA) is 764 Å². The summed E-state index contributed by atoms with van der Waals surface area (Å²) in [6.45, 7) is 7.05. The number of thioether (sulfide) groups is 3. The van der Waals surface area contributed by atoms with Gasteiger partial charge in [0.15, 0.2) is 0 Å². The third-order valence-electron chi connectivity index (χ3n) is 22.0. The number of benzene rings is 2. The maximum atomic E-state index is 15.6. The molecule has 2 aromatic carbocycles. The van der Waals surface area contributed by atoms with Crippen molar-refractivity contribution in [2.75, 3.05) is 67.3 Å². The fraction of sp³-hybridized carbons (Fsp3) is 0.553. The zero-order chi connectivity index (χ0) is 100. The smallest absolute Gasteiger partial charge is 0.326 e. The first-order valence-electron chi connectivity index (χ1n) is 44.0. The first-order chi connectivity index (χ1) is 64.5. The molecule has 3 aromatic rings. The van der Waals surface area contributed by atoms with Crippen molar-refractivity contribution in [2.45, 2.75) is 214 Å². The Labute approximate surface area is 793 Å². The molecule has 7 rings (SSSR count). The van der Waals surface area contributed by atoms with Crippen LogP contribution in [0.5, 0.6) is 0 Å². The number of aliphatic carboxylic acids is 2. The summed E-state index contributed by atoms with van der Waals surface area (Å²) in [5, 5.41) is 73.2. The maximum absolute atomic E-state index is 15.6. The molecule has 5 heterocycles. The number of fused-ring (bicyclic) bond motifs is 11. The molecular formula is C85H121N23O25S3. The minimum Gasteiger partial charge on any atom is -0.481 e. The molecule has 4 aliphatic rings. The lowest BCUT2D eigenvalue weighted by molar-refractivity contribution is -0.143. The van der Waals surface area contributed by atoms with Gasteiger partial charge >= 0.3 is 11.9 Å². The number of carbonyl (C=O) groups is 22. The van der Waals surface area contributed by atoms with Crippen LogP contribution in [-0.2, 0) is 118 Å². The number of aromatic nitrogens is 1. The van der Waals surface area contributed by atoms with E-state index in [0.717, 1.165) is 23.5 Å². The SMILES string of the molecule is C=C1NC(=O)C2CSCCC(NC(=O)[C@H](CC(C)C)NC(=O)C3CCCN3C(=O)CNC(=O)[C@H](Cc3ccccc3)NC1=O)C(=O)N[C@@H](Cc1c[nH]c3ccccc13)C(=O)N[C@@H](CO)C(=O)NC1CSCC(NC(=O)[C@H](CCC(N)=O)NC(=O)[C@H](C(C)C)NC(=O)[C@@H](N)CSCC[C@H](C(=O)N[C@@H](CCCCN)C(=O)O)NC(=O)[C@H](CC(N)=O)NC(=O)CNC(=O)[C@H](CC(=O)O)NC1=O)C(=O)N2. The molecule has 136 heavy (non-hydrogen) atoms. The third kappa shape index (κ3) is 35.0. The number of carboxylic acids is 2. The van der Waals surface area contributed by atoms with E-state index in [1.54, 1.807) is 68.4 Å². The highest BCUT2D eigenvalue weighted by molar-refractivity contribution is 7.99. The average Bonchev–Trinajstić information content (AvgIpc) is 1.66. The average molecular weight is 1960 g/mol.